The zero-order chi connectivity index (χ0) is 17.4. The first-order valence-corrected chi connectivity index (χ1v) is 8.37. The largest absolute Gasteiger partial charge is 0.478 e. The normalized spacial score (nSPS) is 11.7. The molecule has 1 aromatic carbocycles. The van der Waals surface area contributed by atoms with Crippen molar-refractivity contribution >= 4 is 16.0 Å². The van der Waals surface area contributed by atoms with Gasteiger partial charge >= 0.3 is 5.97 Å². The highest BCUT2D eigenvalue weighted by molar-refractivity contribution is 7.89. The minimum atomic E-state index is -3.86. The van der Waals surface area contributed by atoms with Crippen LogP contribution >= 0.6 is 0 Å². The van der Waals surface area contributed by atoms with Crippen LogP contribution in [0.4, 0.5) is 0 Å². The molecule has 8 heteroatoms. The molecule has 0 spiro atoms. The van der Waals surface area contributed by atoms with Crippen LogP contribution in [0.2, 0.25) is 0 Å². The summed E-state index contributed by atoms with van der Waals surface area (Å²) in [6.07, 6.45) is 0. The van der Waals surface area contributed by atoms with E-state index in [1.54, 1.807) is 27.7 Å². The van der Waals surface area contributed by atoms with E-state index in [0.717, 1.165) is 0 Å². The SMILES string of the molecule is Cc1cc(C(=O)O)cc(S(=O)(=O)NCc2c(C)noc2C)c1C. The molecule has 0 fully saturated rings. The van der Waals surface area contributed by atoms with Gasteiger partial charge in [-0.2, -0.15) is 0 Å². The number of rotatable bonds is 5. The van der Waals surface area contributed by atoms with Crippen LogP contribution in [0.25, 0.3) is 0 Å². The highest BCUT2D eigenvalue weighted by Gasteiger charge is 2.21. The number of hydrogen-bond acceptors (Lipinski definition) is 5. The Hall–Kier alpha value is -2.19. The smallest absolute Gasteiger partial charge is 0.335 e. The molecule has 2 N–H and O–H groups in total. The molecule has 0 aliphatic carbocycles. The van der Waals surface area contributed by atoms with Gasteiger partial charge in [-0.3, -0.25) is 0 Å². The number of carboxylic acids is 1. The van der Waals surface area contributed by atoms with E-state index in [9.17, 15) is 13.2 Å². The van der Waals surface area contributed by atoms with Crippen LogP contribution in [0.15, 0.2) is 21.6 Å². The summed E-state index contributed by atoms with van der Waals surface area (Å²) < 4.78 is 32.6. The fraction of sp³-hybridized carbons (Fsp3) is 0.333. The van der Waals surface area contributed by atoms with Crippen molar-refractivity contribution in [3.63, 3.8) is 0 Å². The molecule has 23 heavy (non-hydrogen) atoms. The van der Waals surface area contributed by atoms with Crippen LogP contribution in [0.5, 0.6) is 0 Å². The molecule has 0 atom stereocenters. The van der Waals surface area contributed by atoms with Crippen molar-refractivity contribution in [3.8, 4) is 0 Å². The van der Waals surface area contributed by atoms with Gasteiger partial charge in [-0.15, -0.1) is 0 Å². The van der Waals surface area contributed by atoms with Gasteiger partial charge in [0.05, 0.1) is 16.2 Å². The molecule has 0 aliphatic rings. The topological polar surface area (TPSA) is 110 Å². The van der Waals surface area contributed by atoms with Crippen LogP contribution < -0.4 is 4.72 Å². The Labute approximate surface area is 134 Å². The lowest BCUT2D eigenvalue weighted by Gasteiger charge is -2.12. The van der Waals surface area contributed by atoms with Crippen LogP contribution in [0, 0.1) is 27.7 Å². The predicted octanol–water partition coefficient (Wildman–Crippen LogP) is 2.08. The van der Waals surface area contributed by atoms with Crippen molar-refractivity contribution in [2.45, 2.75) is 39.1 Å². The third-order valence-electron chi connectivity index (χ3n) is 3.78. The molecule has 0 bridgehead atoms. The summed E-state index contributed by atoms with van der Waals surface area (Å²) in [5.41, 5.74) is 2.32. The molecular formula is C15H18N2O5S. The van der Waals surface area contributed by atoms with Crippen molar-refractivity contribution in [2.75, 3.05) is 0 Å². The number of hydrogen-bond donors (Lipinski definition) is 2. The Morgan fingerprint density at radius 1 is 1.26 bits per heavy atom. The first-order valence-electron chi connectivity index (χ1n) is 6.89. The number of nitrogens with one attached hydrogen (secondary N) is 1. The van der Waals surface area contributed by atoms with Gasteiger partial charge < -0.3 is 9.63 Å². The van der Waals surface area contributed by atoms with E-state index in [-0.39, 0.29) is 17.0 Å². The van der Waals surface area contributed by atoms with E-state index in [2.05, 4.69) is 9.88 Å². The van der Waals surface area contributed by atoms with Crippen LogP contribution in [0.1, 0.15) is 38.5 Å². The Morgan fingerprint density at radius 3 is 2.43 bits per heavy atom. The van der Waals surface area contributed by atoms with E-state index in [0.29, 0.717) is 28.1 Å². The van der Waals surface area contributed by atoms with Crippen LogP contribution in [-0.4, -0.2) is 24.7 Å². The molecule has 124 valence electrons. The first-order chi connectivity index (χ1) is 10.6. The van der Waals surface area contributed by atoms with E-state index in [4.69, 9.17) is 9.63 Å². The average Bonchev–Trinajstić information content (AvgIpc) is 2.78. The molecule has 2 rings (SSSR count). The number of sulfonamides is 1. The highest BCUT2D eigenvalue weighted by atomic mass is 32.2. The number of aromatic carboxylic acids is 1. The molecule has 0 radical (unpaired) electrons. The standard InChI is InChI=1S/C15H18N2O5S/c1-8-5-12(15(18)19)6-14(9(8)2)23(20,21)16-7-13-10(3)17-22-11(13)4/h5-6,16H,7H2,1-4H3,(H,18,19). The monoisotopic (exact) mass is 338 g/mol. The Balaban J connectivity index is 2.38. The second-order valence-electron chi connectivity index (χ2n) is 5.35. The summed E-state index contributed by atoms with van der Waals surface area (Å²) in [4.78, 5) is 11.1. The van der Waals surface area contributed by atoms with Crippen molar-refractivity contribution < 1.29 is 22.8 Å². The fourth-order valence-electron chi connectivity index (χ4n) is 2.23. The number of carbonyl (C=O) groups is 1. The zero-order valence-corrected chi connectivity index (χ0v) is 14.1. The summed E-state index contributed by atoms with van der Waals surface area (Å²) >= 11 is 0. The van der Waals surface area contributed by atoms with Gasteiger partial charge in [0.15, 0.2) is 0 Å². The van der Waals surface area contributed by atoms with Crippen molar-refractivity contribution in [3.05, 3.63) is 45.8 Å². The summed E-state index contributed by atoms with van der Waals surface area (Å²) in [6.45, 7) is 6.77. The average molecular weight is 338 g/mol. The van der Waals surface area contributed by atoms with Crippen molar-refractivity contribution in [2.24, 2.45) is 0 Å². The molecule has 1 aromatic heterocycles. The fourth-order valence-corrected chi connectivity index (χ4v) is 3.56. The van der Waals surface area contributed by atoms with Crippen molar-refractivity contribution in [1.82, 2.24) is 9.88 Å². The zero-order valence-electron chi connectivity index (χ0n) is 13.3. The van der Waals surface area contributed by atoms with Crippen molar-refractivity contribution in [1.29, 1.82) is 0 Å². The number of aryl methyl sites for hydroxylation is 3. The minimum absolute atomic E-state index is 0.0271. The summed E-state index contributed by atoms with van der Waals surface area (Å²) in [7, 11) is -3.86. The lowest BCUT2D eigenvalue weighted by atomic mass is 10.1. The molecule has 0 aliphatic heterocycles. The Morgan fingerprint density at radius 2 is 1.91 bits per heavy atom. The van der Waals surface area contributed by atoms with E-state index in [1.165, 1.54) is 12.1 Å². The second kappa shape index (κ2) is 6.13. The molecule has 0 unspecified atom stereocenters. The molecular weight excluding hydrogens is 320 g/mol. The molecule has 0 saturated heterocycles. The van der Waals surface area contributed by atoms with E-state index >= 15 is 0 Å². The highest BCUT2D eigenvalue weighted by Crippen LogP contribution is 2.22. The summed E-state index contributed by atoms with van der Waals surface area (Å²) in [5, 5.41) is 12.9. The third-order valence-corrected chi connectivity index (χ3v) is 5.30. The maximum Gasteiger partial charge on any atom is 0.335 e. The molecule has 1 heterocycles. The molecule has 0 saturated carbocycles. The second-order valence-corrected chi connectivity index (χ2v) is 7.08. The van der Waals surface area contributed by atoms with E-state index in [1.807, 2.05) is 0 Å². The summed E-state index contributed by atoms with van der Waals surface area (Å²) in [6, 6.07) is 2.62. The quantitative estimate of drug-likeness (QED) is 0.864. The van der Waals surface area contributed by atoms with Gasteiger partial charge in [0, 0.05) is 12.1 Å². The maximum absolute atomic E-state index is 12.5. The third kappa shape index (κ3) is 3.43. The minimum Gasteiger partial charge on any atom is -0.478 e. The van der Waals surface area contributed by atoms with Gasteiger partial charge in [-0.05, 0) is 51.0 Å². The molecule has 0 amide bonds. The van der Waals surface area contributed by atoms with E-state index < -0.39 is 16.0 Å². The Bertz CT molecular complexity index is 849. The maximum atomic E-state index is 12.5. The molecule has 2 aromatic rings. The van der Waals surface area contributed by atoms with Gasteiger partial charge in [-0.25, -0.2) is 17.9 Å². The number of carboxylic acid groups (broad SMARTS) is 1. The molecule has 7 nitrogen and oxygen atoms in total. The first kappa shape index (κ1) is 17.2. The number of nitrogens with zero attached hydrogens (tertiary/aromatic N) is 1. The number of benzene rings is 1. The number of aromatic nitrogens is 1. The van der Waals surface area contributed by atoms with Crippen LogP contribution in [0.3, 0.4) is 0 Å². The van der Waals surface area contributed by atoms with Gasteiger partial charge in [0.2, 0.25) is 10.0 Å². The summed E-state index contributed by atoms with van der Waals surface area (Å²) in [5.74, 6) is -0.632. The van der Waals surface area contributed by atoms with Gasteiger partial charge in [0.25, 0.3) is 0 Å². The predicted molar refractivity (Wildman–Crippen MR) is 82.9 cm³/mol. The van der Waals surface area contributed by atoms with Gasteiger partial charge in [-0.1, -0.05) is 5.16 Å². The lowest BCUT2D eigenvalue weighted by molar-refractivity contribution is 0.0696. The Kier molecular flexibility index (Phi) is 4.58. The van der Waals surface area contributed by atoms with Gasteiger partial charge in [0.1, 0.15) is 5.76 Å². The van der Waals surface area contributed by atoms with Crippen LogP contribution in [-0.2, 0) is 16.6 Å². The lowest BCUT2D eigenvalue weighted by Crippen LogP contribution is -2.25.